The molecule has 10 heteroatoms. The predicted molar refractivity (Wildman–Crippen MR) is 123 cm³/mol. The van der Waals surface area contributed by atoms with Crippen molar-refractivity contribution in [1.29, 1.82) is 0 Å². The van der Waals surface area contributed by atoms with E-state index >= 15 is 0 Å². The average Bonchev–Trinajstić information content (AvgIpc) is 2.84. The summed E-state index contributed by atoms with van der Waals surface area (Å²) in [7, 11) is -4.28. The molecule has 3 aromatic rings. The molecule has 4 rings (SSSR count). The van der Waals surface area contributed by atoms with E-state index in [1.165, 1.54) is 11.6 Å². The van der Waals surface area contributed by atoms with Crippen LogP contribution in [0.3, 0.4) is 0 Å². The van der Waals surface area contributed by atoms with Gasteiger partial charge in [-0.05, 0) is 42.0 Å². The van der Waals surface area contributed by atoms with E-state index in [2.05, 4.69) is 4.90 Å². The van der Waals surface area contributed by atoms with Gasteiger partial charge in [-0.2, -0.15) is 0 Å². The van der Waals surface area contributed by atoms with E-state index in [0.717, 1.165) is 42.9 Å². The minimum atomic E-state index is -4.28. The SMILES string of the molecule is O=C(c1ccc(S(=O)(=O)c2ccc(F)cc2)c([N+](=O)[O-])c1)N1CCN(Cc2ccccc2)CC1. The van der Waals surface area contributed by atoms with Crippen LogP contribution in [0.25, 0.3) is 0 Å². The average molecular weight is 484 g/mol. The van der Waals surface area contributed by atoms with Crippen molar-refractivity contribution >= 4 is 21.4 Å². The Morgan fingerprint density at radius 1 is 0.941 bits per heavy atom. The lowest BCUT2D eigenvalue weighted by molar-refractivity contribution is -0.387. The standard InChI is InChI=1S/C24H22FN3O5S/c25-20-7-9-21(10-8-20)34(32,33)23-11-6-19(16-22(23)28(30)31)24(29)27-14-12-26(13-15-27)17-18-4-2-1-3-5-18/h1-11,16H,12-15,17H2. The Labute approximate surface area is 196 Å². The fourth-order valence-corrected chi connectivity index (χ4v) is 5.30. The number of carbonyl (C=O) groups is 1. The van der Waals surface area contributed by atoms with Gasteiger partial charge in [0.1, 0.15) is 10.7 Å². The van der Waals surface area contributed by atoms with Gasteiger partial charge in [0, 0.05) is 44.4 Å². The number of sulfone groups is 1. The molecule has 1 aliphatic heterocycles. The van der Waals surface area contributed by atoms with Crippen molar-refractivity contribution in [3.8, 4) is 0 Å². The maximum absolute atomic E-state index is 13.2. The zero-order valence-electron chi connectivity index (χ0n) is 18.1. The van der Waals surface area contributed by atoms with E-state index < -0.39 is 37.1 Å². The molecule has 0 saturated carbocycles. The molecule has 0 aromatic heterocycles. The Hall–Kier alpha value is -3.63. The molecule has 8 nitrogen and oxygen atoms in total. The van der Waals surface area contributed by atoms with Crippen LogP contribution in [-0.4, -0.2) is 55.2 Å². The van der Waals surface area contributed by atoms with Crippen molar-refractivity contribution in [2.45, 2.75) is 16.3 Å². The van der Waals surface area contributed by atoms with Crippen LogP contribution in [0.4, 0.5) is 10.1 Å². The quantitative estimate of drug-likeness (QED) is 0.302. The highest BCUT2D eigenvalue weighted by Crippen LogP contribution is 2.31. The molecule has 0 atom stereocenters. The number of nitro benzene ring substituents is 1. The van der Waals surface area contributed by atoms with E-state index in [1.54, 1.807) is 4.90 Å². The van der Waals surface area contributed by atoms with Crippen molar-refractivity contribution in [1.82, 2.24) is 9.80 Å². The van der Waals surface area contributed by atoms with Gasteiger partial charge in [0.25, 0.3) is 11.6 Å². The first-order valence-electron chi connectivity index (χ1n) is 10.6. The molecule has 3 aromatic carbocycles. The normalized spacial score (nSPS) is 14.7. The Kier molecular flexibility index (Phi) is 6.71. The smallest absolute Gasteiger partial charge is 0.289 e. The van der Waals surface area contributed by atoms with E-state index in [1.807, 2.05) is 30.3 Å². The van der Waals surface area contributed by atoms with Gasteiger partial charge in [-0.15, -0.1) is 0 Å². The van der Waals surface area contributed by atoms with Crippen LogP contribution in [0.2, 0.25) is 0 Å². The number of benzene rings is 3. The zero-order chi connectivity index (χ0) is 24.3. The summed E-state index contributed by atoms with van der Waals surface area (Å²) in [4.78, 5) is 26.9. The molecule has 34 heavy (non-hydrogen) atoms. The van der Waals surface area contributed by atoms with Gasteiger partial charge in [0.2, 0.25) is 9.84 Å². The third kappa shape index (κ3) is 4.97. The Bertz CT molecular complexity index is 1310. The first-order chi connectivity index (χ1) is 16.3. The highest BCUT2D eigenvalue weighted by Gasteiger charge is 2.30. The molecule has 1 aliphatic rings. The van der Waals surface area contributed by atoms with E-state index in [0.29, 0.717) is 26.2 Å². The fraction of sp³-hybridized carbons (Fsp3) is 0.208. The topological polar surface area (TPSA) is 101 Å². The van der Waals surface area contributed by atoms with Crippen LogP contribution in [0.5, 0.6) is 0 Å². The van der Waals surface area contributed by atoms with Crippen LogP contribution in [0.15, 0.2) is 82.6 Å². The predicted octanol–water partition coefficient (Wildman–Crippen LogP) is 3.52. The maximum Gasteiger partial charge on any atom is 0.289 e. The molecular weight excluding hydrogens is 461 g/mol. The van der Waals surface area contributed by atoms with Gasteiger partial charge >= 0.3 is 0 Å². The second-order valence-corrected chi connectivity index (χ2v) is 9.87. The fourth-order valence-electron chi connectivity index (χ4n) is 3.89. The molecule has 0 spiro atoms. The lowest BCUT2D eigenvalue weighted by Gasteiger charge is -2.34. The van der Waals surface area contributed by atoms with Gasteiger partial charge in [0.05, 0.1) is 9.82 Å². The summed E-state index contributed by atoms with van der Waals surface area (Å²) >= 11 is 0. The van der Waals surface area contributed by atoms with Gasteiger partial charge in [-0.1, -0.05) is 30.3 Å². The maximum atomic E-state index is 13.2. The largest absolute Gasteiger partial charge is 0.336 e. The highest BCUT2D eigenvalue weighted by atomic mass is 32.2. The molecule has 1 heterocycles. The van der Waals surface area contributed by atoms with Crippen molar-refractivity contribution in [3.05, 3.63) is 99.9 Å². The molecule has 1 fully saturated rings. The van der Waals surface area contributed by atoms with Gasteiger partial charge in [0.15, 0.2) is 0 Å². The zero-order valence-corrected chi connectivity index (χ0v) is 18.9. The number of halogens is 1. The van der Waals surface area contributed by atoms with Crippen molar-refractivity contribution in [2.75, 3.05) is 26.2 Å². The second-order valence-electron chi connectivity index (χ2n) is 7.95. The lowest BCUT2D eigenvalue weighted by Crippen LogP contribution is -2.48. The van der Waals surface area contributed by atoms with Crippen LogP contribution >= 0.6 is 0 Å². The van der Waals surface area contributed by atoms with Crippen LogP contribution in [0.1, 0.15) is 15.9 Å². The monoisotopic (exact) mass is 483 g/mol. The third-order valence-electron chi connectivity index (χ3n) is 5.72. The number of nitrogens with zero attached hydrogens (tertiary/aromatic N) is 3. The van der Waals surface area contributed by atoms with Crippen molar-refractivity contribution in [3.63, 3.8) is 0 Å². The minimum Gasteiger partial charge on any atom is -0.336 e. The van der Waals surface area contributed by atoms with E-state index in [9.17, 15) is 27.7 Å². The summed E-state index contributed by atoms with van der Waals surface area (Å²) in [6.45, 7) is 2.98. The van der Waals surface area contributed by atoms with Gasteiger partial charge in [-0.3, -0.25) is 19.8 Å². The Morgan fingerprint density at radius 3 is 2.21 bits per heavy atom. The van der Waals surface area contributed by atoms with Crippen LogP contribution in [0, 0.1) is 15.9 Å². The van der Waals surface area contributed by atoms with Gasteiger partial charge < -0.3 is 4.90 Å². The first-order valence-corrected chi connectivity index (χ1v) is 12.1. The number of nitro groups is 1. The minimum absolute atomic E-state index is 0.0428. The van der Waals surface area contributed by atoms with Crippen LogP contribution in [-0.2, 0) is 16.4 Å². The molecule has 176 valence electrons. The third-order valence-corrected chi connectivity index (χ3v) is 7.54. The summed E-state index contributed by atoms with van der Waals surface area (Å²) in [5.41, 5.74) is 0.523. The van der Waals surface area contributed by atoms with E-state index in [4.69, 9.17) is 0 Å². The van der Waals surface area contributed by atoms with Crippen molar-refractivity contribution < 1.29 is 22.5 Å². The van der Waals surface area contributed by atoms with Crippen molar-refractivity contribution in [2.24, 2.45) is 0 Å². The summed E-state index contributed by atoms with van der Waals surface area (Å²) in [5, 5.41) is 11.7. The number of piperazine rings is 1. The Balaban J connectivity index is 1.52. The number of rotatable bonds is 6. The summed E-state index contributed by atoms with van der Waals surface area (Å²) in [6, 6.07) is 17.3. The summed E-state index contributed by atoms with van der Waals surface area (Å²) in [6.07, 6.45) is 0. The number of hydrogen-bond donors (Lipinski definition) is 0. The highest BCUT2D eigenvalue weighted by molar-refractivity contribution is 7.91. The first kappa shape index (κ1) is 23.5. The van der Waals surface area contributed by atoms with Gasteiger partial charge in [-0.25, -0.2) is 12.8 Å². The summed E-state index contributed by atoms with van der Waals surface area (Å²) in [5.74, 6) is -1.02. The number of carbonyl (C=O) groups excluding carboxylic acids is 1. The number of amides is 1. The lowest BCUT2D eigenvalue weighted by atomic mass is 10.1. The molecular formula is C24H22FN3O5S. The molecule has 0 radical (unpaired) electrons. The second kappa shape index (κ2) is 9.70. The molecule has 0 bridgehead atoms. The molecule has 0 N–H and O–H groups in total. The summed E-state index contributed by atoms with van der Waals surface area (Å²) < 4.78 is 39.0. The molecule has 1 amide bonds. The molecule has 1 saturated heterocycles. The molecule has 0 aliphatic carbocycles. The number of hydrogen-bond acceptors (Lipinski definition) is 6. The molecule has 0 unspecified atom stereocenters. The van der Waals surface area contributed by atoms with Crippen LogP contribution < -0.4 is 0 Å². The van der Waals surface area contributed by atoms with E-state index in [-0.39, 0.29) is 10.5 Å². The Morgan fingerprint density at radius 2 is 1.59 bits per heavy atom.